The van der Waals surface area contributed by atoms with E-state index >= 15 is 0 Å². The number of methoxy groups -OCH3 is 1. The highest BCUT2D eigenvalue weighted by Gasteiger charge is 2.24. The number of aromatic nitrogens is 1. The summed E-state index contributed by atoms with van der Waals surface area (Å²) in [7, 11) is 1.67. The topological polar surface area (TPSA) is 42.4 Å². The summed E-state index contributed by atoms with van der Waals surface area (Å²) >= 11 is 1.64. The molecule has 1 atom stereocenters. The third kappa shape index (κ3) is 4.40. The van der Waals surface area contributed by atoms with Crippen molar-refractivity contribution in [1.82, 2.24) is 9.88 Å². The number of rotatable bonds is 6. The van der Waals surface area contributed by atoms with Crippen molar-refractivity contribution >= 4 is 17.2 Å². The molecule has 0 aliphatic carbocycles. The summed E-state index contributed by atoms with van der Waals surface area (Å²) < 4.78 is 5.19. The fraction of sp³-hybridized carbons (Fsp3) is 0.500. The van der Waals surface area contributed by atoms with Gasteiger partial charge in [-0.05, 0) is 49.9 Å². The molecule has 1 fully saturated rings. The maximum atomic E-state index is 12.6. The molecule has 0 bridgehead atoms. The Kier molecular flexibility index (Phi) is 6.08. The number of nitrogens with zero attached hydrogens (tertiary/aromatic N) is 2. The van der Waals surface area contributed by atoms with Gasteiger partial charge in [0.25, 0.3) is 0 Å². The molecule has 0 radical (unpaired) electrons. The van der Waals surface area contributed by atoms with Gasteiger partial charge < -0.3 is 9.64 Å². The summed E-state index contributed by atoms with van der Waals surface area (Å²) in [5.41, 5.74) is 2.05. The lowest BCUT2D eigenvalue weighted by atomic mass is 9.99. The fourth-order valence-corrected chi connectivity index (χ4v) is 4.24. The number of likely N-dealkylation sites (tertiary alicyclic amines) is 1. The Labute approximate surface area is 153 Å². The Morgan fingerprint density at radius 3 is 2.84 bits per heavy atom. The van der Waals surface area contributed by atoms with Crippen LogP contribution in [0.3, 0.4) is 0 Å². The van der Waals surface area contributed by atoms with Gasteiger partial charge in [-0.15, -0.1) is 11.3 Å². The number of hydrogen-bond donors (Lipinski definition) is 0. The van der Waals surface area contributed by atoms with Crippen molar-refractivity contribution in [2.45, 2.75) is 51.5 Å². The van der Waals surface area contributed by atoms with Crippen LogP contribution in [0.4, 0.5) is 0 Å². The molecule has 2 heterocycles. The predicted octanol–water partition coefficient (Wildman–Crippen LogP) is 4.54. The zero-order chi connectivity index (χ0) is 17.6. The molecule has 25 heavy (non-hydrogen) atoms. The second-order valence-electron chi connectivity index (χ2n) is 6.50. The quantitative estimate of drug-likeness (QED) is 0.761. The Hall–Kier alpha value is -1.88. The van der Waals surface area contributed by atoms with Crippen LogP contribution in [0, 0.1) is 0 Å². The van der Waals surface area contributed by atoms with Crippen molar-refractivity contribution in [3.05, 3.63) is 34.7 Å². The van der Waals surface area contributed by atoms with Crippen LogP contribution in [0.15, 0.2) is 29.6 Å². The van der Waals surface area contributed by atoms with Crippen LogP contribution in [0.1, 0.15) is 44.0 Å². The normalized spacial score (nSPS) is 17.5. The van der Waals surface area contributed by atoms with Crippen LogP contribution in [0.5, 0.6) is 5.75 Å². The van der Waals surface area contributed by atoms with Gasteiger partial charge in [0.15, 0.2) is 0 Å². The van der Waals surface area contributed by atoms with Crippen molar-refractivity contribution in [3.8, 4) is 17.0 Å². The van der Waals surface area contributed by atoms with Crippen molar-refractivity contribution < 1.29 is 9.53 Å². The van der Waals surface area contributed by atoms with Crippen LogP contribution < -0.4 is 4.74 Å². The van der Waals surface area contributed by atoms with Crippen molar-refractivity contribution in [2.24, 2.45) is 0 Å². The molecule has 1 aliphatic heterocycles. The second-order valence-corrected chi connectivity index (χ2v) is 7.44. The number of carbonyl (C=O) groups excluding carboxylic acids is 1. The van der Waals surface area contributed by atoms with Gasteiger partial charge >= 0.3 is 0 Å². The first-order valence-electron chi connectivity index (χ1n) is 9.09. The van der Waals surface area contributed by atoms with Crippen LogP contribution in [-0.4, -0.2) is 35.5 Å². The minimum absolute atomic E-state index is 0.285. The van der Waals surface area contributed by atoms with E-state index < -0.39 is 0 Å². The molecule has 5 heteroatoms. The monoisotopic (exact) mass is 358 g/mol. The molecule has 0 N–H and O–H groups in total. The first-order valence-corrected chi connectivity index (χ1v) is 9.97. The summed E-state index contributed by atoms with van der Waals surface area (Å²) in [5, 5.41) is 3.10. The van der Waals surface area contributed by atoms with Gasteiger partial charge in [-0.1, -0.05) is 6.92 Å². The SMILES string of the molecule is CCC1CCCCN1C(=O)CCc1nc(-c2ccc(OC)cc2)cs1. The molecular weight excluding hydrogens is 332 g/mol. The van der Waals surface area contributed by atoms with Crippen LogP contribution in [0.2, 0.25) is 0 Å². The number of piperidine rings is 1. The van der Waals surface area contributed by atoms with E-state index in [1.54, 1.807) is 18.4 Å². The minimum atomic E-state index is 0.285. The van der Waals surface area contributed by atoms with E-state index in [-0.39, 0.29) is 5.91 Å². The Balaban J connectivity index is 1.58. The highest BCUT2D eigenvalue weighted by atomic mass is 32.1. The number of amides is 1. The van der Waals surface area contributed by atoms with E-state index in [4.69, 9.17) is 9.72 Å². The lowest BCUT2D eigenvalue weighted by Gasteiger charge is -2.35. The molecule has 2 aromatic rings. The predicted molar refractivity (Wildman–Crippen MR) is 102 cm³/mol. The molecule has 0 spiro atoms. The average Bonchev–Trinajstić information content (AvgIpc) is 3.15. The van der Waals surface area contributed by atoms with Gasteiger partial charge in [0.05, 0.1) is 17.8 Å². The Morgan fingerprint density at radius 2 is 2.12 bits per heavy atom. The summed E-state index contributed by atoms with van der Waals surface area (Å²) in [4.78, 5) is 19.4. The molecule has 1 amide bonds. The molecule has 1 aliphatic rings. The van der Waals surface area contributed by atoms with Crippen LogP contribution in [0.25, 0.3) is 11.3 Å². The van der Waals surface area contributed by atoms with Crippen LogP contribution >= 0.6 is 11.3 Å². The van der Waals surface area contributed by atoms with E-state index in [1.807, 2.05) is 24.3 Å². The highest BCUT2D eigenvalue weighted by molar-refractivity contribution is 7.09. The molecule has 0 saturated carbocycles. The summed E-state index contributed by atoms with van der Waals surface area (Å²) in [6.45, 7) is 3.10. The summed E-state index contributed by atoms with van der Waals surface area (Å²) in [6.07, 6.45) is 5.89. The van der Waals surface area contributed by atoms with Crippen molar-refractivity contribution in [2.75, 3.05) is 13.7 Å². The third-order valence-corrected chi connectivity index (χ3v) is 5.82. The molecule has 1 saturated heterocycles. The smallest absolute Gasteiger partial charge is 0.223 e. The number of benzene rings is 1. The molecule has 1 aromatic carbocycles. The lowest BCUT2D eigenvalue weighted by Crippen LogP contribution is -2.43. The number of aryl methyl sites for hydroxylation is 1. The molecular formula is C20H26N2O2S. The maximum absolute atomic E-state index is 12.6. The molecule has 4 nitrogen and oxygen atoms in total. The van der Waals surface area contributed by atoms with Crippen molar-refractivity contribution in [3.63, 3.8) is 0 Å². The van der Waals surface area contributed by atoms with Crippen molar-refractivity contribution in [1.29, 1.82) is 0 Å². The third-order valence-electron chi connectivity index (χ3n) is 4.91. The highest BCUT2D eigenvalue weighted by Crippen LogP contribution is 2.25. The fourth-order valence-electron chi connectivity index (χ4n) is 3.43. The Bertz CT molecular complexity index is 696. The zero-order valence-corrected chi connectivity index (χ0v) is 15.8. The Morgan fingerprint density at radius 1 is 1.32 bits per heavy atom. The van der Waals surface area contributed by atoms with Gasteiger partial charge in [-0.2, -0.15) is 0 Å². The number of hydrogen-bond acceptors (Lipinski definition) is 4. The van der Waals surface area contributed by atoms with Gasteiger partial charge in [-0.3, -0.25) is 4.79 Å². The van der Waals surface area contributed by atoms with E-state index in [2.05, 4.69) is 17.2 Å². The van der Waals surface area contributed by atoms with Gasteiger partial charge in [0, 0.05) is 36.4 Å². The molecule has 3 rings (SSSR count). The number of thiazole rings is 1. The average molecular weight is 359 g/mol. The minimum Gasteiger partial charge on any atom is -0.497 e. The first-order chi connectivity index (χ1) is 12.2. The lowest BCUT2D eigenvalue weighted by molar-refractivity contribution is -0.134. The van der Waals surface area contributed by atoms with Crippen LogP contribution in [-0.2, 0) is 11.2 Å². The molecule has 1 unspecified atom stereocenters. The second kappa shape index (κ2) is 8.48. The van der Waals surface area contributed by atoms with E-state index in [0.29, 0.717) is 12.5 Å². The van der Waals surface area contributed by atoms with E-state index in [0.717, 1.165) is 54.2 Å². The van der Waals surface area contributed by atoms with E-state index in [9.17, 15) is 4.79 Å². The van der Waals surface area contributed by atoms with E-state index in [1.165, 1.54) is 6.42 Å². The first kappa shape index (κ1) is 17.9. The summed E-state index contributed by atoms with van der Waals surface area (Å²) in [5.74, 6) is 1.13. The standard InChI is InChI=1S/C20H26N2O2S/c1-3-16-6-4-5-13-22(16)20(23)12-11-19-21-18(14-25-19)15-7-9-17(24-2)10-8-15/h7-10,14,16H,3-6,11-13H2,1-2H3. The largest absolute Gasteiger partial charge is 0.497 e. The zero-order valence-electron chi connectivity index (χ0n) is 15.0. The van der Waals surface area contributed by atoms with Gasteiger partial charge in [-0.25, -0.2) is 4.98 Å². The summed E-state index contributed by atoms with van der Waals surface area (Å²) in [6, 6.07) is 8.36. The van der Waals surface area contributed by atoms with Gasteiger partial charge in [0.1, 0.15) is 5.75 Å². The maximum Gasteiger partial charge on any atom is 0.223 e. The number of carbonyl (C=O) groups is 1. The van der Waals surface area contributed by atoms with Gasteiger partial charge in [0.2, 0.25) is 5.91 Å². The molecule has 134 valence electrons. The molecule has 1 aromatic heterocycles. The number of ether oxygens (including phenoxy) is 1.